The maximum absolute atomic E-state index is 12.3. The van der Waals surface area contributed by atoms with Crippen LogP contribution in [0.25, 0.3) is 0 Å². The molecule has 2 rings (SSSR count). The quantitative estimate of drug-likeness (QED) is 0.738. The van der Waals surface area contributed by atoms with Crippen LogP contribution in [0, 0.1) is 5.92 Å². The van der Waals surface area contributed by atoms with Gasteiger partial charge < -0.3 is 10.6 Å². The van der Waals surface area contributed by atoms with E-state index in [0.717, 1.165) is 16.8 Å². The topological polar surface area (TPSA) is 58.2 Å². The highest BCUT2D eigenvalue weighted by Crippen LogP contribution is 2.15. The van der Waals surface area contributed by atoms with Gasteiger partial charge in [-0.15, -0.1) is 12.4 Å². The fourth-order valence-electron chi connectivity index (χ4n) is 2.40. The normalized spacial score (nSPS) is 12.7. The summed E-state index contributed by atoms with van der Waals surface area (Å²) in [5.74, 6) is 0.888. The van der Waals surface area contributed by atoms with Gasteiger partial charge in [-0.3, -0.25) is 9.00 Å². The van der Waals surface area contributed by atoms with Gasteiger partial charge in [0.1, 0.15) is 0 Å². The summed E-state index contributed by atoms with van der Waals surface area (Å²) >= 11 is 0. The second-order valence-corrected chi connectivity index (χ2v) is 7.32. The number of amides is 1. The van der Waals surface area contributed by atoms with Gasteiger partial charge in [0.25, 0.3) is 0 Å². The fourth-order valence-corrected chi connectivity index (χ4v) is 3.62. The minimum Gasteiger partial charge on any atom is -0.326 e. The molecule has 0 aliphatic rings. The van der Waals surface area contributed by atoms with Crippen molar-refractivity contribution < 1.29 is 9.00 Å². The Kier molecular flexibility index (Phi) is 9.42. The van der Waals surface area contributed by atoms with Crippen molar-refractivity contribution in [3.63, 3.8) is 0 Å². The molecule has 4 nitrogen and oxygen atoms in total. The van der Waals surface area contributed by atoms with E-state index in [1.54, 1.807) is 0 Å². The lowest BCUT2D eigenvalue weighted by atomic mass is 10.1. The van der Waals surface area contributed by atoms with Crippen LogP contribution in [0.15, 0.2) is 54.6 Å². The van der Waals surface area contributed by atoms with Crippen molar-refractivity contribution in [2.24, 2.45) is 5.92 Å². The summed E-state index contributed by atoms with van der Waals surface area (Å²) in [7, 11) is 0.848. The maximum Gasteiger partial charge on any atom is 0.228 e. The third-order valence-corrected chi connectivity index (χ3v) is 4.96. The summed E-state index contributed by atoms with van der Waals surface area (Å²) in [5.41, 5.74) is 2.78. The second kappa shape index (κ2) is 11.0. The van der Waals surface area contributed by atoms with Crippen molar-refractivity contribution in [1.29, 1.82) is 0 Å². The van der Waals surface area contributed by atoms with Crippen LogP contribution in [0.1, 0.15) is 18.1 Å². The van der Waals surface area contributed by atoms with Gasteiger partial charge in [0.15, 0.2) is 0 Å². The van der Waals surface area contributed by atoms with Crippen molar-refractivity contribution in [3.05, 3.63) is 65.7 Å². The Bertz CT molecular complexity index is 695. The zero-order valence-electron chi connectivity index (χ0n) is 14.5. The molecule has 2 unspecified atom stereocenters. The molecular weight excluding hydrogens is 356 g/mol. The van der Waals surface area contributed by atoms with E-state index in [1.165, 1.54) is 0 Å². The smallest absolute Gasteiger partial charge is 0.228 e. The van der Waals surface area contributed by atoms with Crippen LogP contribution in [-0.2, 0) is 27.1 Å². The average molecular weight is 381 g/mol. The molecular formula is C19H25ClN2O2S. The summed E-state index contributed by atoms with van der Waals surface area (Å²) in [6.45, 7) is 2.51. The van der Waals surface area contributed by atoms with Crippen LogP contribution in [0.4, 0.5) is 5.69 Å². The maximum atomic E-state index is 12.3. The van der Waals surface area contributed by atoms with E-state index < -0.39 is 10.8 Å². The Morgan fingerprint density at radius 2 is 1.68 bits per heavy atom. The van der Waals surface area contributed by atoms with Crippen molar-refractivity contribution in [2.75, 3.05) is 18.9 Å². The zero-order valence-corrected chi connectivity index (χ0v) is 16.2. The highest BCUT2D eigenvalue weighted by atomic mass is 35.5. The molecule has 2 aromatic rings. The highest BCUT2D eigenvalue weighted by molar-refractivity contribution is 7.83. The Labute approximate surface area is 158 Å². The molecule has 0 saturated heterocycles. The molecule has 0 fully saturated rings. The molecule has 2 N–H and O–H groups in total. The zero-order chi connectivity index (χ0) is 17.4. The molecule has 25 heavy (non-hydrogen) atoms. The van der Waals surface area contributed by atoms with E-state index >= 15 is 0 Å². The molecule has 0 radical (unpaired) electrons. The Hall–Kier alpha value is -1.69. The molecule has 0 spiro atoms. The third-order valence-electron chi connectivity index (χ3n) is 3.65. The molecule has 6 heteroatoms. The van der Waals surface area contributed by atoms with Crippen molar-refractivity contribution in [2.45, 2.75) is 18.4 Å². The molecule has 0 heterocycles. The first-order chi connectivity index (χ1) is 11.6. The average Bonchev–Trinajstić information content (AvgIpc) is 2.56. The Morgan fingerprint density at radius 3 is 2.36 bits per heavy atom. The first-order valence-corrected chi connectivity index (χ1v) is 9.50. The van der Waals surface area contributed by atoms with E-state index in [9.17, 15) is 9.00 Å². The molecule has 0 aliphatic heterocycles. The number of rotatable bonds is 8. The lowest BCUT2D eigenvalue weighted by Crippen LogP contribution is -2.28. The third kappa shape index (κ3) is 7.38. The largest absolute Gasteiger partial charge is 0.326 e. The number of carbonyl (C=O) groups excluding carboxylic acids is 1. The van der Waals surface area contributed by atoms with Gasteiger partial charge in [0.05, 0.1) is 0 Å². The molecule has 1 amide bonds. The van der Waals surface area contributed by atoms with E-state index in [1.807, 2.05) is 68.6 Å². The molecule has 136 valence electrons. The lowest BCUT2D eigenvalue weighted by Gasteiger charge is -2.12. The van der Waals surface area contributed by atoms with Crippen LogP contribution in [0.5, 0.6) is 0 Å². The molecule has 0 saturated carbocycles. The van der Waals surface area contributed by atoms with E-state index in [2.05, 4.69) is 10.6 Å². The van der Waals surface area contributed by atoms with Gasteiger partial charge in [-0.1, -0.05) is 49.4 Å². The van der Waals surface area contributed by atoms with Gasteiger partial charge in [0, 0.05) is 40.5 Å². The van der Waals surface area contributed by atoms with Crippen LogP contribution in [0.3, 0.4) is 0 Å². The standard InChI is InChI=1S/C19H24N2O2S.ClH/c1-15(12-20-2)19(22)21-18-10-6-9-17(11-18)14-24(23)13-16-7-4-3-5-8-16;/h3-11,15,20H,12-14H2,1-2H3,(H,21,22);1H. The van der Waals surface area contributed by atoms with Crippen LogP contribution < -0.4 is 10.6 Å². The van der Waals surface area contributed by atoms with Crippen molar-refractivity contribution in [1.82, 2.24) is 5.32 Å². The number of benzene rings is 2. The first-order valence-electron chi connectivity index (χ1n) is 8.02. The highest BCUT2D eigenvalue weighted by Gasteiger charge is 2.12. The van der Waals surface area contributed by atoms with Gasteiger partial charge in [-0.25, -0.2) is 0 Å². The summed E-state index contributed by atoms with van der Waals surface area (Å²) in [4.78, 5) is 12.1. The van der Waals surface area contributed by atoms with E-state index in [4.69, 9.17) is 0 Å². The molecule has 0 bridgehead atoms. The summed E-state index contributed by atoms with van der Waals surface area (Å²) in [5, 5.41) is 5.91. The molecule has 2 aromatic carbocycles. The Morgan fingerprint density at radius 1 is 1.04 bits per heavy atom. The SMILES string of the molecule is CNCC(C)C(=O)Nc1cccc(CS(=O)Cc2ccccc2)c1.Cl. The minimum atomic E-state index is -0.977. The van der Waals surface area contributed by atoms with E-state index in [0.29, 0.717) is 18.1 Å². The summed E-state index contributed by atoms with van der Waals surface area (Å²) in [6, 6.07) is 17.4. The number of halogens is 1. The summed E-state index contributed by atoms with van der Waals surface area (Å²) < 4.78 is 12.3. The summed E-state index contributed by atoms with van der Waals surface area (Å²) in [6.07, 6.45) is 0. The predicted octanol–water partition coefficient (Wildman–Crippen LogP) is 3.35. The second-order valence-electron chi connectivity index (χ2n) is 5.86. The number of hydrogen-bond acceptors (Lipinski definition) is 3. The molecule has 2 atom stereocenters. The van der Waals surface area contributed by atoms with Crippen molar-refractivity contribution in [3.8, 4) is 0 Å². The van der Waals surface area contributed by atoms with Crippen molar-refractivity contribution >= 4 is 34.8 Å². The minimum absolute atomic E-state index is 0. The van der Waals surface area contributed by atoms with Gasteiger partial charge in [-0.05, 0) is 30.3 Å². The Balaban J connectivity index is 0.00000312. The number of hydrogen-bond donors (Lipinski definition) is 2. The lowest BCUT2D eigenvalue weighted by molar-refractivity contribution is -0.119. The monoisotopic (exact) mass is 380 g/mol. The fraction of sp³-hybridized carbons (Fsp3) is 0.316. The van der Waals surface area contributed by atoms with Crippen LogP contribution >= 0.6 is 12.4 Å². The number of nitrogens with one attached hydrogen (secondary N) is 2. The first kappa shape index (κ1) is 21.4. The molecule has 0 aromatic heterocycles. The van der Waals surface area contributed by atoms with Gasteiger partial charge >= 0.3 is 0 Å². The van der Waals surface area contributed by atoms with E-state index in [-0.39, 0.29) is 24.2 Å². The molecule has 0 aliphatic carbocycles. The van der Waals surface area contributed by atoms with Gasteiger partial charge in [0.2, 0.25) is 5.91 Å². The van der Waals surface area contributed by atoms with Crippen LogP contribution in [-0.4, -0.2) is 23.7 Å². The number of carbonyl (C=O) groups is 1. The van der Waals surface area contributed by atoms with Gasteiger partial charge in [-0.2, -0.15) is 0 Å². The predicted molar refractivity (Wildman–Crippen MR) is 107 cm³/mol. The van der Waals surface area contributed by atoms with Crippen LogP contribution in [0.2, 0.25) is 0 Å². The number of anilines is 1.